The summed E-state index contributed by atoms with van der Waals surface area (Å²) in [6.07, 6.45) is 1.03. The number of aliphatic hydroxyl groups excluding tert-OH is 1. The van der Waals surface area contributed by atoms with Crippen molar-refractivity contribution >= 4 is 11.8 Å². The number of hydrogen-bond donors (Lipinski definition) is 1. The van der Waals surface area contributed by atoms with Gasteiger partial charge in [0.25, 0.3) is 0 Å². The van der Waals surface area contributed by atoms with Crippen LogP contribution in [0.1, 0.15) is 20.3 Å². The predicted molar refractivity (Wildman–Crippen MR) is 54.7 cm³/mol. The Morgan fingerprint density at radius 3 is 2.85 bits per heavy atom. The molecule has 1 fully saturated rings. The van der Waals surface area contributed by atoms with E-state index < -0.39 is 0 Å². The van der Waals surface area contributed by atoms with Gasteiger partial charge in [-0.15, -0.1) is 0 Å². The van der Waals surface area contributed by atoms with Gasteiger partial charge in [0.2, 0.25) is 0 Å². The van der Waals surface area contributed by atoms with E-state index in [0.29, 0.717) is 5.92 Å². The van der Waals surface area contributed by atoms with Crippen LogP contribution < -0.4 is 0 Å². The van der Waals surface area contributed by atoms with E-state index in [2.05, 4.69) is 23.9 Å². The quantitative estimate of drug-likeness (QED) is 0.432. The molecule has 5 heteroatoms. The van der Waals surface area contributed by atoms with Gasteiger partial charge in [-0.2, -0.15) is 11.8 Å². The SMILES string of the molecule is CC1(C)SCCC1C(CO)N=[N+]=[N-]. The second kappa shape index (κ2) is 4.22. The van der Waals surface area contributed by atoms with Gasteiger partial charge in [-0.1, -0.05) is 19.0 Å². The Kier molecular flexibility index (Phi) is 3.47. The van der Waals surface area contributed by atoms with Crippen molar-refractivity contribution in [1.29, 1.82) is 0 Å². The molecule has 0 spiro atoms. The molecular weight excluding hydrogens is 186 g/mol. The average molecular weight is 201 g/mol. The van der Waals surface area contributed by atoms with Gasteiger partial charge in [-0.3, -0.25) is 0 Å². The molecule has 1 aliphatic heterocycles. The van der Waals surface area contributed by atoms with E-state index in [0.717, 1.165) is 12.2 Å². The maximum atomic E-state index is 9.08. The Bertz CT molecular complexity index is 225. The topological polar surface area (TPSA) is 69.0 Å². The summed E-state index contributed by atoms with van der Waals surface area (Å²) >= 11 is 1.88. The molecule has 0 amide bonds. The maximum Gasteiger partial charge on any atom is 0.0646 e. The van der Waals surface area contributed by atoms with Gasteiger partial charge in [0.15, 0.2) is 0 Å². The summed E-state index contributed by atoms with van der Waals surface area (Å²) in [5.74, 6) is 1.40. The largest absolute Gasteiger partial charge is 0.396 e. The van der Waals surface area contributed by atoms with Crippen molar-refractivity contribution in [1.82, 2.24) is 0 Å². The first-order chi connectivity index (χ1) is 6.11. The highest BCUT2D eigenvalue weighted by Gasteiger charge is 2.39. The molecule has 1 saturated heterocycles. The van der Waals surface area contributed by atoms with Gasteiger partial charge in [0.05, 0.1) is 12.6 Å². The van der Waals surface area contributed by atoms with Gasteiger partial charge < -0.3 is 5.11 Å². The zero-order valence-corrected chi connectivity index (χ0v) is 8.79. The molecule has 0 aromatic rings. The molecule has 2 atom stereocenters. The maximum absolute atomic E-state index is 9.08. The van der Waals surface area contributed by atoms with E-state index in [9.17, 15) is 0 Å². The third kappa shape index (κ3) is 2.30. The Morgan fingerprint density at radius 1 is 1.77 bits per heavy atom. The summed E-state index contributed by atoms with van der Waals surface area (Å²) in [6, 6.07) is -0.255. The molecule has 0 aromatic heterocycles. The number of nitrogens with zero attached hydrogens (tertiary/aromatic N) is 3. The smallest absolute Gasteiger partial charge is 0.0646 e. The Labute approximate surface area is 82.3 Å². The van der Waals surface area contributed by atoms with Crippen LogP contribution in [0.5, 0.6) is 0 Å². The van der Waals surface area contributed by atoms with Crippen LogP contribution >= 0.6 is 11.8 Å². The lowest BCUT2D eigenvalue weighted by Gasteiger charge is -2.29. The summed E-state index contributed by atoms with van der Waals surface area (Å²) in [6.45, 7) is 4.24. The van der Waals surface area contributed by atoms with E-state index in [4.69, 9.17) is 10.6 Å². The number of rotatable bonds is 3. The van der Waals surface area contributed by atoms with Gasteiger partial charge in [0, 0.05) is 9.66 Å². The number of thioether (sulfide) groups is 1. The molecule has 1 aliphatic rings. The van der Waals surface area contributed by atoms with Crippen molar-refractivity contribution in [2.75, 3.05) is 12.4 Å². The van der Waals surface area contributed by atoms with Crippen molar-refractivity contribution in [3.8, 4) is 0 Å². The summed E-state index contributed by atoms with van der Waals surface area (Å²) in [5, 5.41) is 12.7. The number of azide groups is 1. The van der Waals surface area contributed by atoms with Crippen molar-refractivity contribution in [3.05, 3.63) is 10.4 Å². The van der Waals surface area contributed by atoms with E-state index in [1.807, 2.05) is 11.8 Å². The third-order valence-electron chi connectivity index (χ3n) is 2.65. The summed E-state index contributed by atoms with van der Waals surface area (Å²) < 4.78 is 0.127. The molecule has 74 valence electrons. The summed E-state index contributed by atoms with van der Waals surface area (Å²) in [4.78, 5) is 2.77. The van der Waals surface area contributed by atoms with E-state index in [1.165, 1.54) is 0 Å². The molecule has 1 N–H and O–H groups in total. The van der Waals surface area contributed by atoms with Crippen LogP contribution in [0.2, 0.25) is 0 Å². The van der Waals surface area contributed by atoms with Crippen LogP contribution in [0.25, 0.3) is 10.4 Å². The molecule has 1 rings (SSSR count). The number of aliphatic hydroxyl groups is 1. The van der Waals surface area contributed by atoms with E-state index >= 15 is 0 Å². The predicted octanol–water partition coefficient (Wildman–Crippen LogP) is 2.19. The van der Waals surface area contributed by atoms with Gasteiger partial charge in [0.1, 0.15) is 0 Å². The minimum atomic E-state index is -0.255. The van der Waals surface area contributed by atoms with Crippen LogP contribution in [0.15, 0.2) is 5.11 Å². The van der Waals surface area contributed by atoms with Gasteiger partial charge in [-0.05, 0) is 23.6 Å². The second-order valence-corrected chi connectivity index (χ2v) is 5.55. The van der Waals surface area contributed by atoms with Crippen molar-refractivity contribution in [2.24, 2.45) is 11.0 Å². The summed E-state index contributed by atoms with van der Waals surface area (Å²) in [7, 11) is 0. The van der Waals surface area contributed by atoms with Crippen LogP contribution in [0.3, 0.4) is 0 Å². The molecule has 0 radical (unpaired) electrons. The first kappa shape index (κ1) is 10.7. The van der Waals surface area contributed by atoms with Gasteiger partial charge in [-0.25, -0.2) is 0 Å². The Hall–Kier alpha value is -0.380. The first-order valence-corrected chi connectivity index (χ1v) is 5.39. The lowest BCUT2D eigenvalue weighted by Crippen LogP contribution is -2.33. The van der Waals surface area contributed by atoms with Crippen LogP contribution in [-0.4, -0.2) is 28.3 Å². The molecule has 0 bridgehead atoms. The first-order valence-electron chi connectivity index (χ1n) is 4.41. The van der Waals surface area contributed by atoms with E-state index in [1.54, 1.807) is 0 Å². The minimum Gasteiger partial charge on any atom is -0.396 e. The lowest BCUT2D eigenvalue weighted by atomic mass is 9.86. The fourth-order valence-corrected chi connectivity index (χ4v) is 3.26. The highest BCUT2D eigenvalue weighted by atomic mass is 32.2. The van der Waals surface area contributed by atoms with Gasteiger partial charge >= 0.3 is 0 Å². The number of hydrogen-bond acceptors (Lipinski definition) is 3. The van der Waals surface area contributed by atoms with Crippen LogP contribution in [0, 0.1) is 5.92 Å². The molecule has 0 aromatic carbocycles. The monoisotopic (exact) mass is 201 g/mol. The fraction of sp³-hybridized carbons (Fsp3) is 1.00. The normalized spacial score (nSPS) is 28.1. The highest BCUT2D eigenvalue weighted by molar-refractivity contribution is 8.00. The molecule has 0 saturated carbocycles. The van der Waals surface area contributed by atoms with Crippen molar-refractivity contribution in [3.63, 3.8) is 0 Å². The lowest BCUT2D eigenvalue weighted by molar-refractivity contribution is 0.211. The molecular formula is C8H15N3OS. The van der Waals surface area contributed by atoms with Crippen LogP contribution in [-0.2, 0) is 0 Å². The van der Waals surface area contributed by atoms with Crippen LogP contribution in [0.4, 0.5) is 0 Å². The fourth-order valence-electron chi connectivity index (χ4n) is 1.87. The third-order valence-corrected chi connectivity index (χ3v) is 4.13. The highest BCUT2D eigenvalue weighted by Crippen LogP contribution is 2.44. The van der Waals surface area contributed by atoms with E-state index in [-0.39, 0.29) is 17.4 Å². The molecule has 13 heavy (non-hydrogen) atoms. The average Bonchev–Trinajstić information content (AvgIpc) is 2.41. The van der Waals surface area contributed by atoms with Crippen molar-refractivity contribution in [2.45, 2.75) is 31.1 Å². The Morgan fingerprint density at radius 2 is 2.46 bits per heavy atom. The molecule has 4 nitrogen and oxygen atoms in total. The zero-order valence-electron chi connectivity index (χ0n) is 7.97. The zero-order chi connectivity index (χ0) is 9.90. The minimum absolute atomic E-state index is 0.0429. The molecule has 2 unspecified atom stereocenters. The molecule has 0 aliphatic carbocycles. The second-order valence-electron chi connectivity index (χ2n) is 3.80. The summed E-state index contributed by atoms with van der Waals surface area (Å²) in [5.41, 5.74) is 8.34. The molecule has 1 heterocycles. The standard InChI is InChI=1S/C8H15N3OS/c1-8(2)6(3-4-13-8)7(5-12)10-11-9/h6-7,12H,3-5H2,1-2H3. The van der Waals surface area contributed by atoms with Crippen molar-refractivity contribution < 1.29 is 5.11 Å². The Balaban J connectivity index is 2.73.